The Morgan fingerprint density at radius 2 is 2.13 bits per heavy atom. The van der Waals surface area contributed by atoms with Gasteiger partial charge in [-0.25, -0.2) is 0 Å². The third-order valence-electron chi connectivity index (χ3n) is 4.62. The van der Waals surface area contributed by atoms with Gasteiger partial charge in [0.1, 0.15) is 6.04 Å². The van der Waals surface area contributed by atoms with Gasteiger partial charge in [-0.1, -0.05) is 0 Å². The number of aryl methyl sites for hydroxylation is 1. The molecule has 0 aliphatic carbocycles. The minimum atomic E-state index is -0.344. The van der Waals surface area contributed by atoms with Crippen LogP contribution in [0.25, 0.3) is 0 Å². The molecule has 2 rings (SSSR count). The van der Waals surface area contributed by atoms with Crippen molar-refractivity contribution in [2.45, 2.75) is 24.9 Å². The van der Waals surface area contributed by atoms with Crippen LogP contribution in [0, 0.1) is 0 Å². The van der Waals surface area contributed by atoms with Crippen LogP contribution in [0.5, 0.6) is 0 Å². The predicted octanol–water partition coefficient (Wildman–Crippen LogP) is -0.177. The lowest BCUT2D eigenvalue weighted by Crippen LogP contribution is -2.45. The quantitative estimate of drug-likeness (QED) is 0.729. The first-order valence-electron chi connectivity index (χ1n) is 8.33. The Morgan fingerprint density at radius 1 is 1.43 bits per heavy atom. The fourth-order valence-corrected chi connectivity index (χ4v) is 3.14. The fourth-order valence-electron chi connectivity index (χ4n) is 3.14. The summed E-state index contributed by atoms with van der Waals surface area (Å²) >= 11 is 0. The molecule has 1 unspecified atom stereocenters. The first-order chi connectivity index (χ1) is 11.0. The Kier molecular flexibility index (Phi) is 6.56. The maximum absolute atomic E-state index is 12.3. The number of amides is 1. The zero-order valence-corrected chi connectivity index (χ0v) is 14.7. The van der Waals surface area contributed by atoms with Crippen molar-refractivity contribution in [3.63, 3.8) is 0 Å². The molecule has 0 spiro atoms. The van der Waals surface area contributed by atoms with Crippen molar-refractivity contribution in [3.8, 4) is 0 Å². The fraction of sp³-hybridized carbons (Fsp3) is 0.750. The predicted molar refractivity (Wildman–Crippen MR) is 91.2 cm³/mol. The van der Waals surface area contributed by atoms with E-state index in [0.717, 1.165) is 25.2 Å². The van der Waals surface area contributed by atoms with Crippen LogP contribution in [0.2, 0.25) is 0 Å². The second kappa shape index (κ2) is 8.42. The number of nitrogens with one attached hydrogen (secondary N) is 2. The first-order valence-corrected chi connectivity index (χ1v) is 8.33. The molecule has 1 amide bonds. The smallest absolute Gasteiger partial charge is 0.241 e. The van der Waals surface area contributed by atoms with E-state index in [9.17, 15) is 4.79 Å². The number of hydrogen-bond donors (Lipinski definition) is 2. The van der Waals surface area contributed by atoms with Crippen LogP contribution in [0.4, 0.5) is 0 Å². The lowest BCUT2D eigenvalue weighted by atomic mass is 10.0. The Balaban J connectivity index is 1.72. The highest BCUT2D eigenvalue weighted by Gasteiger charge is 2.22. The minimum absolute atomic E-state index is 0.00341. The van der Waals surface area contributed by atoms with E-state index >= 15 is 0 Å². The molecular formula is C16H30N6O. The second-order valence-corrected chi connectivity index (χ2v) is 6.50. The number of aromatic nitrogens is 2. The van der Waals surface area contributed by atoms with Crippen LogP contribution in [0.1, 0.15) is 24.4 Å². The summed E-state index contributed by atoms with van der Waals surface area (Å²) in [5.74, 6) is 0.00341. The van der Waals surface area contributed by atoms with Gasteiger partial charge in [0.15, 0.2) is 0 Å². The first kappa shape index (κ1) is 17.9. The van der Waals surface area contributed by atoms with Gasteiger partial charge in [0, 0.05) is 37.9 Å². The van der Waals surface area contributed by atoms with Gasteiger partial charge in [-0.05, 0) is 47.1 Å². The van der Waals surface area contributed by atoms with Crippen molar-refractivity contribution in [1.29, 1.82) is 0 Å². The van der Waals surface area contributed by atoms with Crippen LogP contribution in [0.15, 0.2) is 12.4 Å². The lowest BCUT2D eigenvalue weighted by Gasteiger charge is -2.35. The molecule has 1 atom stereocenters. The van der Waals surface area contributed by atoms with Crippen LogP contribution in [-0.4, -0.2) is 78.9 Å². The van der Waals surface area contributed by atoms with Crippen molar-refractivity contribution in [2.75, 3.05) is 47.3 Å². The molecule has 2 heterocycles. The molecule has 0 aromatic carbocycles. The average Bonchev–Trinajstić information content (AvgIpc) is 2.95. The highest BCUT2D eigenvalue weighted by atomic mass is 16.2. The number of piperidine rings is 1. The van der Waals surface area contributed by atoms with Gasteiger partial charge in [-0.2, -0.15) is 5.10 Å². The third-order valence-corrected chi connectivity index (χ3v) is 4.62. The Labute approximate surface area is 139 Å². The lowest BCUT2D eigenvalue weighted by molar-refractivity contribution is -0.123. The zero-order valence-electron chi connectivity index (χ0n) is 14.7. The summed E-state index contributed by atoms with van der Waals surface area (Å²) in [6.07, 6.45) is 6.01. The highest BCUT2D eigenvalue weighted by molar-refractivity contribution is 5.82. The van der Waals surface area contributed by atoms with Gasteiger partial charge in [-0.3, -0.25) is 9.48 Å². The monoisotopic (exact) mass is 322 g/mol. The molecule has 0 radical (unpaired) electrons. The van der Waals surface area contributed by atoms with E-state index in [2.05, 4.69) is 39.6 Å². The molecule has 23 heavy (non-hydrogen) atoms. The molecule has 130 valence electrons. The standard InChI is InChI=1S/C16H30N6O/c1-17-15(13-11-19-21(4)12-13)16(23)18-7-10-22-8-5-14(6-9-22)20(2)3/h11-12,14-15,17H,5-10H2,1-4H3,(H,18,23). The van der Waals surface area contributed by atoms with E-state index in [0.29, 0.717) is 12.6 Å². The van der Waals surface area contributed by atoms with Crippen molar-refractivity contribution < 1.29 is 4.79 Å². The molecule has 0 bridgehead atoms. The van der Waals surface area contributed by atoms with E-state index in [4.69, 9.17) is 0 Å². The summed E-state index contributed by atoms with van der Waals surface area (Å²) in [6, 6.07) is 0.350. The summed E-state index contributed by atoms with van der Waals surface area (Å²) in [4.78, 5) is 17.1. The second-order valence-electron chi connectivity index (χ2n) is 6.50. The summed E-state index contributed by atoms with van der Waals surface area (Å²) in [5, 5.41) is 10.2. The van der Waals surface area contributed by atoms with Crippen molar-refractivity contribution in [1.82, 2.24) is 30.2 Å². The van der Waals surface area contributed by atoms with Crippen molar-refractivity contribution in [3.05, 3.63) is 18.0 Å². The summed E-state index contributed by atoms with van der Waals surface area (Å²) in [7, 11) is 7.95. The van der Waals surface area contributed by atoms with E-state index < -0.39 is 0 Å². The van der Waals surface area contributed by atoms with Gasteiger partial charge in [0.2, 0.25) is 5.91 Å². The highest BCUT2D eigenvalue weighted by Crippen LogP contribution is 2.14. The molecular weight excluding hydrogens is 292 g/mol. The molecule has 1 aliphatic rings. The summed E-state index contributed by atoms with van der Waals surface area (Å²) < 4.78 is 1.71. The topological polar surface area (TPSA) is 65.4 Å². The molecule has 1 saturated heterocycles. The number of hydrogen-bond acceptors (Lipinski definition) is 5. The third kappa shape index (κ3) is 5.02. The molecule has 2 N–H and O–H groups in total. The van der Waals surface area contributed by atoms with Crippen LogP contribution in [0.3, 0.4) is 0 Å². The van der Waals surface area contributed by atoms with Crippen LogP contribution in [-0.2, 0) is 11.8 Å². The van der Waals surface area contributed by atoms with E-state index in [1.54, 1.807) is 17.9 Å². The van der Waals surface area contributed by atoms with Crippen LogP contribution >= 0.6 is 0 Å². The Hall–Kier alpha value is -1.44. The maximum Gasteiger partial charge on any atom is 0.241 e. The summed E-state index contributed by atoms with van der Waals surface area (Å²) in [5.41, 5.74) is 0.888. The molecule has 7 nitrogen and oxygen atoms in total. The number of nitrogens with zero attached hydrogens (tertiary/aromatic N) is 4. The van der Waals surface area contributed by atoms with Gasteiger partial charge in [0.25, 0.3) is 0 Å². The molecule has 0 saturated carbocycles. The average molecular weight is 322 g/mol. The largest absolute Gasteiger partial charge is 0.353 e. The number of carbonyl (C=O) groups is 1. The number of carbonyl (C=O) groups excluding carboxylic acids is 1. The van der Waals surface area contributed by atoms with Gasteiger partial charge in [-0.15, -0.1) is 0 Å². The van der Waals surface area contributed by atoms with E-state index in [1.807, 2.05) is 13.2 Å². The molecule has 1 aliphatic heterocycles. The molecule has 1 fully saturated rings. The van der Waals surface area contributed by atoms with Crippen molar-refractivity contribution >= 4 is 5.91 Å². The van der Waals surface area contributed by atoms with Gasteiger partial charge < -0.3 is 20.4 Å². The maximum atomic E-state index is 12.3. The van der Waals surface area contributed by atoms with E-state index in [1.165, 1.54) is 12.8 Å². The number of rotatable bonds is 7. The molecule has 7 heteroatoms. The normalized spacial score (nSPS) is 18.3. The van der Waals surface area contributed by atoms with Gasteiger partial charge >= 0.3 is 0 Å². The van der Waals surface area contributed by atoms with Gasteiger partial charge in [0.05, 0.1) is 6.20 Å². The van der Waals surface area contributed by atoms with Crippen LogP contribution < -0.4 is 10.6 Å². The molecule has 1 aromatic heterocycles. The Bertz CT molecular complexity index is 493. The number of likely N-dealkylation sites (tertiary alicyclic amines) is 1. The van der Waals surface area contributed by atoms with E-state index in [-0.39, 0.29) is 11.9 Å². The summed E-state index contributed by atoms with van der Waals surface area (Å²) in [6.45, 7) is 3.81. The number of likely N-dealkylation sites (N-methyl/N-ethyl adjacent to an activating group) is 1. The minimum Gasteiger partial charge on any atom is -0.353 e. The zero-order chi connectivity index (χ0) is 16.8. The van der Waals surface area contributed by atoms with Crippen molar-refractivity contribution in [2.24, 2.45) is 7.05 Å². The molecule has 1 aromatic rings. The Morgan fingerprint density at radius 3 is 2.65 bits per heavy atom. The SMILES string of the molecule is CNC(C(=O)NCCN1CCC(N(C)C)CC1)c1cnn(C)c1.